The molecule has 0 bridgehead atoms. The van der Waals surface area contributed by atoms with E-state index in [0.29, 0.717) is 0 Å². The highest BCUT2D eigenvalue weighted by Gasteiger charge is 2.10. The highest BCUT2D eigenvalue weighted by atomic mass is 79.9. The van der Waals surface area contributed by atoms with Crippen LogP contribution in [0.25, 0.3) is 0 Å². The van der Waals surface area contributed by atoms with E-state index in [2.05, 4.69) is 21.2 Å². The molecule has 0 saturated heterocycles. The predicted molar refractivity (Wildman–Crippen MR) is 55.5 cm³/mol. The van der Waals surface area contributed by atoms with Crippen LogP contribution in [-0.2, 0) is 0 Å². The molecule has 0 aliphatic rings. The highest BCUT2D eigenvalue weighted by Crippen LogP contribution is 2.26. The average Bonchev–Trinajstić information content (AvgIpc) is 2.47. The first-order chi connectivity index (χ1) is 5.77. The van der Waals surface area contributed by atoms with Crippen LogP contribution in [0.1, 0.15) is 17.8 Å². The number of hydrogen-bond donors (Lipinski definition) is 2. The molecule has 0 aliphatic heterocycles. The molecular formula is C8H12BrNOS. The standard InChI is InChI=1S/C8H12BrNOS/c1-2-10-6(5-11)7-3-4-8(9)12-7/h3-4,6,10-11H,2,5H2,1H3. The number of nitrogens with one attached hydrogen (secondary N) is 1. The van der Waals surface area contributed by atoms with Gasteiger partial charge in [-0.1, -0.05) is 6.92 Å². The van der Waals surface area contributed by atoms with Crippen molar-refractivity contribution >= 4 is 27.3 Å². The summed E-state index contributed by atoms with van der Waals surface area (Å²) in [6, 6.07) is 4.12. The molecule has 0 aliphatic carbocycles. The molecule has 1 aromatic heterocycles. The Morgan fingerprint density at radius 1 is 1.67 bits per heavy atom. The fourth-order valence-electron chi connectivity index (χ4n) is 1.02. The lowest BCUT2D eigenvalue weighted by Crippen LogP contribution is -2.22. The van der Waals surface area contributed by atoms with Gasteiger partial charge in [0.2, 0.25) is 0 Å². The van der Waals surface area contributed by atoms with Crippen LogP contribution in [0.2, 0.25) is 0 Å². The Balaban J connectivity index is 2.66. The largest absolute Gasteiger partial charge is 0.394 e. The Labute approximate surface area is 84.7 Å². The summed E-state index contributed by atoms with van der Waals surface area (Å²) in [6.45, 7) is 3.06. The molecule has 1 aromatic rings. The van der Waals surface area contributed by atoms with Gasteiger partial charge in [0.15, 0.2) is 0 Å². The summed E-state index contributed by atoms with van der Waals surface area (Å²) in [5.41, 5.74) is 0. The molecule has 1 heterocycles. The van der Waals surface area contributed by atoms with Crippen molar-refractivity contribution in [1.82, 2.24) is 5.32 Å². The fourth-order valence-corrected chi connectivity index (χ4v) is 2.51. The van der Waals surface area contributed by atoms with Gasteiger partial charge in [-0.2, -0.15) is 0 Å². The molecule has 68 valence electrons. The molecule has 0 amide bonds. The lowest BCUT2D eigenvalue weighted by molar-refractivity contribution is 0.248. The summed E-state index contributed by atoms with van der Waals surface area (Å²) in [5.74, 6) is 0. The number of likely N-dealkylation sites (N-methyl/N-ethyl adjacent to an activating group) is 1. The van der Waals surface area contributed by atoms with E-state index in [1.165, 1.54) is 4.88 Å². The van der Waals surface area contributed by atoms with E-state index in [4.69, 9.17) is 5.11 Å². The summed E-state index contributed by atoms with van der Waals surface area (Å²) < 4.78 is 1.11. The summed E-state index contributed by atoms with van der Waals surface area (Å²) in [4.78, 5) is 1.17. The van der Waals surface area contributed by atoms with Crippen molar-refractivity contribution in [3.05, 3.63) is 20.8 Å². The number of halogens is 1. The van der Waals surface area contributed by atoms with Gasteiger partial charge in [0.1, 0.15) is 0 Å². The minimum absolute atomic E-state index is 0.0892. The molecule has 4 heteroatoms. The van der Waals surface area contributed by atoms with Gasteiger partial charge >= 0.3 is 0 Å². The third kappa shape index (κ3) is 2.55. The van der Waals surface area contributed by atoms with Gasteiger partial charge in [-0.05, 0) is 34.6 Å². The summed E-state index contributed by atoms with van der Waals surface area (Å²) in [6.07, 6.45) is 0. The molecule has 12 heavy (non-hydrogen) atoms. The second-order valence-corrected chi connectivity index (χ2v) is 4.93. The maximum atomic E-state index is 9.05. The van der Waals surface area contributed by atoms with Crippen molar-refractivity contribution in [3.63, 3.8) is 0 Å². The SMILES string of the molecule is CCNC(CO)c1ccc(Br)s1. The molecule has 2 nitrogen and oxygen atoms in total. The van der Waals surface area contributed by atoms with Crippen LogP contribution in [-0.4, -0.2) is 18.3 Å². The highest BCUT2D eigenvalue weighted by molar-refractivity contribution is 9.11. The Hall–Kier alpha value is 0.1000. The number of rotatable bonds is 4. The summed E-state index contributed by atoms with van der Waals surface area (Å²) >= 11 is 5.04. The third-order valence-electron chi connectivity index (χ3n) is 1.57. The quantitative estimate of drug-likeness (QED) is 0.858. The molecule has 1 unspecified atom stereocenters. The average molecular weight is 250 g/mol. The number of thiophene rings is 1. The molecule has 0 saturated carbocycles. The minimum atomic E-state index is 0.0892. The fraction of sp³-hybridized carbons (Fsp3) is 0.500. The maximum absolute atomic E-state index is 9.05. The second kappa shape index (κ2) is 4.97. The molecule has 0 aromatic carbocycles. The van der Waals surface area contributed by atoms with Crippen LogP contribution >= 0.6 is 27.3 Å². The zero-order valence-electron chi connectivity index (χ0n) is 6.88. The van der Waals surface area contributed by atoms with Crippen molar-refractivity contribution in [2.24, 2.45) is 0 Å². The first kappa shape index (κ1) is 10.2. The van der Waals surface area contributed by atoms with E-state index in [9.17, 15) is 0 Å². The zero-order valence-corrected chi connectivity index (χ0v) is 9.28. The van der Waals surface area contributed by atoms with Gasteiger partial charge in [-0.3, -0.25) is 0 Å². The smallest absolute Gasteiger partial charge is 0.0702 e. The summed E-state index contributed by atoms with van der Waals surface area (Å²) in [5, 5.41) is 12.3. The third-order valence-corrected chi connectivity index (χ3v) is 3.31. The van der Waals surface area contributed by atoms with Crippen LogP contribution < -0.4 is 5.32 Å². The lowest BCUT2D eigenvalue weighted by atomic mass is 10.2. The van der Waals surface area contributed by atoms with Gasteiger partial charge in [-0.25, -0.2) is 0 Å². The van der Waals surface area contributed by atoms with Gasteiger partial charge in [0.05, 0.1) is 16.4 Å². The molecule has 0 spiro atoms. The number of aliphatic hydroxyl groups excluding tert-OH is 1. The van der Waals surface area contributed by atoms with E-state index in [-0.39, 0.29) is 12.6 Å². The van der Waals surface area contributed by atoms with Crippen molar-refractivity contribution < 1.29 is 5.11 Å². The maximum Gasteiger partial charge on any atom is 0.0702 e. The van der Waals surface area contributed by atoms with Gasteiger partial charge < -0.3 is 10.4 Å². The zero-order chi connectivity index (χ0) is 8.97. The Morgan fingerprint density at radius 3 is 2.83 bits per heavy atom. The number of aliphatic hydroxyl groups is 1. The predicted octanol–water partition coefficient (Wildman–Crippen LogP) is 2.15. The van der Waals surface area contributed by atoms with Gasteiger partial charge in [0.25, 0.3) is 0 Å². The van der Waals surface area contributed by atoms with Crippen LogP contribution in [0.3, 0.4) is 0 Å². The van der Waals surface area contributed by atoms with Crippen LogP contribution in [0.5, 0.6) is 0 Å². The molecule has 2 N–H and O–H groups in total. The van der Waals surface area contributed by atoms with E-state index >= 15 is 0 Å². The van der Waals surface area contributed by atoms with Crippen molar-refractivity contribution in [2.45, 2.75) is 13.0 Å². The van der Waals surface area contributed by atoms with Crippen molar-refractivity contribution in [2.75, 3.05) is 13.2 Å². The first-order valence-electron chi connectivity index (χ1n) is 3.87. The number of hydrogen-bond acceptors (Lipinski definition) is 3. The topological polar surface area (TPSA) is 32.3 Å². The Bertz CT molecular complexity index is 239. The van der Waals surface area contributed by atoms with E-state index in [1.807, 2.05) is 19.1 Å². The van der Waals surface area contributed by atoms with Crippen LogP contribution in [0.4, 0.5) is 0 Å². The lowest BCUT2D eigenvalue weighted by Gasteiger charge is -2.12. The molecule has 0 radical (unpaired) electrons. The van der Waals surface area contributed by atoms with Crippen LogP contribution in [0, 0.1) is 0 Å². The van der Waals surface area contributed by atoms with Gasteiger partial charge in [-0.15, -0.1) is 11.3 Å². The normalized spacial score (nSPS) is 13.2. The van der Waals surface area contributed by atoms with Crippen molar-refractivity contribution in [3.8, 4) is 0 Å². The monoisotopic (exact) mass is 249 g/mol. The molecular weight excluding hydrogens is 238 g/mol. The van der Waals surface area contributed by atoms with Crippen LogP contribution in [0.15, 0.2) is 15.9 Å². The molecule has 1 rings (SSSR count). The molecule has 1 atom stereocenters. The summed E-state index contributed by atoms with van der Waals surface area (Å²) in [7, 11) is 0. The van der Waals surface area contributed by atoms with E-state index < -0.39 is 0 Å². The second-order valence-electron chi connectivity index (χ2n) is 2.43. The van der Waals surface area contributed by atoms with E-state index in [0.717, 1.165) is 10.3 Å². The minimum Gasteiger partial charge on any atom is -0.394 e. The Morgan fingerprint density at radius 2 is 2.42 bits per heavy atom. The Kier molecular flexibility index (Phi) is 4.21. The van der Waals surface area contributed by atoms with Crippen molar-refractivity contribution in [1.29, 1.82) is 0 Å². The first-order valence-corrected chi connectivity index (χ1v) is 5.48. The van der Waals surface area contributed by atoms with E-state index in [1.54, 1.807) is 11.3 Å². The van der Waals surface area contributed by atoms with Gasteiger partial charge in [0, 0.05) is 4.88 Å². The molecule has 0 fully saturated rings.